The molecule has 0 saturated carbocycles. The molecule has 2 aromatic carbocycles. The number of anilines is 2. The number of nitrogen functional groups attached to an aromatic ring is 2. The summed E-state index contributed by atoms with van der Waals surface area (Å²) in [7, 11) is 0. The summed E-state index contributed by atoms with van der Waals surface area (Å²) in [5, 5.41) is 3.78. The molecule has 36 heavy (non-hydrogen) atoms. The molecule has 5 rings (SSSR count). The summed E-state index contributed by atoms with van der Waals surface area (Å²) in [6, 6.07) is 13.8. The van der Waals surface area contributed by atoms with Crippen molar-refractivity contribution in [3.63, 3.8) is 0 Å². The van der Waals surface area contributed by atoms with E-state index in [9.17, 15) is 9.18 Å². The maximum atomic E-state index is 14.0. The van der Waals surface area contributed by atoms with E-state index in [4.69, 9.17) is 16.0 Å². The zero-order chi connectivity index (χ0) is 25.7. The van der Waals surface area contributed by atoms with Crippen molar-refractivity contribution >= 4 is 22.5 Å². The second-order valence-electron chi connectivity index (χ2n) is 7.78. The third kappa shape index (κ3) is 4.90. The number of para-hydroxylation sites is 1. The molecule has 0 aliphatic heterocycles. The van der Waals surface area contributed by atoms with Crippen molar-refractivity contribution in [2.45, 2.75) is 33.1 Å². The predicted molar refractivity (Wildman–Crippen MR) is 135 cm³/mol. The Morgan fingerprint density at radius 2 is 1.69 bits per heavy atom. The van der Waals surface area contributed by atoms with E-state index in [0.29, 0.717) is 41.3 Å². The van der Waals surface area contributed by atoms with Gasteiger partial charge in [0.1, 0.15) is 40.6 Å². The van der Waals surface area contributed by atoms with Crippen molar-refractivity contribution in [2.24, 2.45) is 0 Å². The number of rotatable bonds is 5. The minimum Gasteiger partial charge on any atom is -0.383 e. The highest BCUT2D eigenvalue weighted by Crippen LogP contribution is 2.26. The Kier molecular flexibility index (Phi) is 7.28. The summed E-state index contributed by atoms with van der Waals surface area (Å²) in [5.41, 5.74) is 12.5. The molecule has 0 unspecified atom stereocenters. The van der Waals surface area contributed by atoms with Crippen LogP contribution in [0.5, 0.6) is 0 Å². The minimum atomic E-state index is -0.530. The Bertz CT molecular complexity index is 1530. The lowest BCUT2D eigenvalue weighted by atomic mass is 10.2. The third-order valence-electron chi connectivity index (χ3n) is 5.31. The first-order chi connectivity index (χ1) is 17.4. The molecule has 0 radical (unpaired) electrons. The van der Waals surface area contributed by atoms with Gasteiger partial charge < -0.3 is 16.0 Å². The lowest BCUT2D eigenvalue weighted by Crippen LogP contribution is -2.24. The lowest BCUT2D eigenvalue weighted by Gasteiger charge is -2.13. The molecule has 184 valence electrons. The van der Waals surface area contributed by atoms with E-state index >= 15 is 0 Å². The Labute approximate surface area is 205 Å². The molecule has 0 spiro atoms. The average Bonchev–Trinajstić information content (AvgIpc) is 3.34. The van der Waals surface area contributed by atoms with Gasteiger partial charge in [0.05, 0.1) is 11.2 Å². The van der Waals surface area contributed by atoms with E-state index in [1.54, 1.807) is 12.1 Å². The highest BCUT2D eigenvalue weighted by Gasteiger charge is 2.16. The number of fused-ring (bicyclic) bond motifs is 1. The van der Waals surface area contributed by atoms with Gasteiger partial charge in [-0.2, -0.15) is 4.98 Å². The summed E-state index contributed by atoms with van der Waals surface area (Å²) in [4.78, 5) is 28.9. The van der Waals surface area contributed by atoms with E-state index in [2.05, 4.69) is 25.1 Å². The van der Waals surface area contributed by atoms with Gasteiger partial charge in [-0.3, -0.25) is 9.36 Å². The molecule has 0 aliphatic carbocycles. The van der Waals surface area contributed by atoms with Crippen molar-refractivity contribution < 1.29 is 8.91 Å². The quantitative estimate of drug-likeness (QED) is 0.377. The number of hydrogen-bond donors (Lipinski definition) is 2. The van der Waals surface area contributed by atoms with E-state index in [1.807, 2.05) is 44.2 Å². The van der Waals surface area contributed by atoms with Crippen molar-refractivity contribution in [3.8, 4) is 17.1 Å². The van der Waals surface area contributed by atoms with Crippen LogP contribution in [0.2, 0.25) is 0 Å². The minimum absolute atomic E-state index is 0.0428. The molecule has 0 saturated heterocycles. The summed E-state index contributed by atoms with van der Waals surface area (Å²) >= 11 is 0. The van der Waals surface area contributed by atoms with Crippen molar-refractivity contribution in [2.75, 3.05) is 11.5 Å². The van der Waals surface area contributed by atoms with Gasteiger partial charge in [0, 0.05) is 12.8 Å². The van der Waals surface area contributed by atoms with Crippen molar-refractivity contribution in [1.82, 2.24) is 29.7 Å². The second kappa shape index (κ2) is 10.7. The Morgan fingerprint density at radius 3 is 2.33 bits per heavy atom. The molecule has 4 N–H and O–H groups in total. The van der Waals surface area contributed by atoms with Crippen LogP contribution in [0.25, 0.3) is 28.0 Å². The Hall–Kier alpha value is -4.67. The van der Waals surface area contributed by atoms with Crippen LogP contribution >= 0.6 is 0 Å². The van der Waals surface area contributed by atoms with Crippen LogP contribution in [0.4, 0.5) is 16.0 Å². The van der Waals surface area contributed by atoms with Crippen molar-refractivity contribution in [3.05, 3.63) is 82.7 Å². The van der Waals surface area contributed by atoms with Gasteiger partial charge in [-0.15, -0.1) is 0 Å². The number of halogens is 1. The number of nitrogens with two attached hydrogens (primary N) is 2. The number of aromatic nitrogens is 6. The van der Waals surface area contributed by atoms with Gasteiger partial charge in [-0.05, 0) is 30.7 Å². The first-order valence-corrected chi connectivity index (χ1v) is 11.4. The van der Waals surface area contributed by atoms with E-state index in [1.165, 1.54) is 17.0 Å². The van der Waals surface area contributed by atoms with Gasteiger partial charge in [0.2, 0.25) is 0 Å². The molecule has 3 aromatic heterocycles. The number of hydrogen-bond acceptors (Lipinski definition) is 9. The summed E-state index contributed by atoms with van der Waals surface area (Å²) in [5.74, 6) is 1.43. The molecule has 11 heteroatoms. The number of benzene rings is 2. The largest absolute Gasteiger partial charge is 0.383 e. The van der Waals surface area contributed by atoms with Gasteiger partial charge in [-0.25, -0.2) is 19.3 Å². The molecule has 0 amide bonds. The van der Waals surface area contributed by atoms with Crippen LogP contribution in [0.3, 0.4) is 0 Å². The van der Waals surface area contributed by atoms with E-state index in [-0.39, 0.29) is 28.5 Å². The molecule has 0 aliphatic rings. The monoisotopic (exact) mass is 488 g/mol. The molecule has 0 fully saturated rings. The third-order valence-corrected chi connectivity index (χ3v) is 5.31. The topological polar surface area (TPSA) is 152 Å². The van der Waals surface area contributed by atoms with Gasteiger partial charge in [-0.1, -0.05) is 43.3 Å². The maximum absolute atomic E-state index is 14.0. The SMILES string of the molecule is CCCc1nc2cccc(F)c2c(=O)n1-c1ccccc1.CCc1noc(-c2c(N)ncnc2N)n1. The molecular formula is C25H25FN8O2. The van der Waals surface area contributed by atoms with Gasteiger partial charge >= 0.3 is 0 Å². The second-order valence-corrected chi connectivity index (χ2v) is 7.78. The number of aryl methyl sites for hydroxylation is 2. The van der Waals surface area contributed by atoms with Crippen LogP contribution in [0.1, 0.15) is 31.9 Å². The average molecular weight is 489 g/mol. The van der Waals surface area contributed by atoms with Gasteiger partial charge in [0.25, 0.3) is 11.4 Å². The van der Waals surface area contributed by atoms with Crippen LogP contribution in [0.15, 0.2) is 64.2 Å². The zero-order valence-electron chi connectivity index (χ0n) is 19.8. The highest BCUT2D eigenvalue weighted by molar-refractivity contribution is 5.78. The molecule has 10 nitrogen and oxygen atoms in total. The summed E-state index contributed by atoms with van der Waals surface area (Å²) in [6.45, 7) is 3.94. The molecule has 5 aromatic rings. The van der Waals surface area contributed by atoms with Crippen molar-refractivity contribution in [1.29, 1.82) is 0 Å². The first kappa shape index (κ1) is 24.5. The van der Waals surface area contributed by atoms with Crippen LogP contribution in [0, 0.1) is 5.82 Å². The summed E-state index contributed by atoms with van der Waals surface area (Å²) < 4.78 is 20.5. The maximum Gasteiger partial charge on any atom is 0.268 e. The lowest BCUT2D eigenvalue weighted by molar-refractivity contribution is 0.423. The standard InChI is InChI=1S/C17H15FN2O.C8H10N6O/c1-2-7-15-19-14-11-6-10-13(18)16(14)17(21)20(15)12-8-4-3-5-9-12;1-2-4-13-8(15-14-4)5-6(9)11-3-12-7(5)10/h3-6,8-11H,2,7H2,1H3;3H,2H2,1H3,(H4,9,10,11,12). The fraction of sp³-hybridized carbons (Fsp3) is 0.200. The van der Waals surface area contributed by atoms with E-state index in [0.717, 1.165) is 6.42 Å². The molecule has 0 atom stereocenters. The smallest absolute Gasteiger partial charge is 0.268 e. The first-order valence-electron chi connectivity index (χ1n) is 11.4. The van der Waals surface area contributed by atoms with E-state index < -0.39 is 5.82 Å². The van der Waals surface area contributed by atoms with Crippen LogP contribution in [-0.2, 0) is 12.8 Å². The normalized spacial score (nSPS) is 10.8. The Balaban J connectivity index is 0.000000179. The fourth-order valence-electron chi connectivity index (χ4n) is 3.60. The number of nitrogens with zero attached hydrogens (tertiary/aromatic N) is 6. The molecular weight excluding hydrogens is 463 g/mol. The molecule has 3 heterocycles. The fourth-order valence-corrected chi connectivity index (χ4v) is 3.60. The van der Waals surface area contributed by atoms with Crippen LogP contribution in [-0.4, -0.2) is 29.7 Å². The summed E-state index contributed by atoms with van der Waals surface area (Å²) in [6.07, 6.45) is 3.49. The Morgan fingerprint density at radius 1 is 0.972 bits per heavy atom. The highest BCUT2D eigenvalue weighted by atomic mass is 19.1. The van der Waals surface area contributed by atoms with Gasteiger partial charge in [0.15, 0.2) is 5.82 Å². The molecule has 0 bridgehead atoms. The predicted octanol–water partition coefficient (Wildman–Crippen LogP) is 3.73. The van der Waals surface area contributed by atoms with Crippen LogP contribution < -0.4 is 17.0 Å². The zero-order valence-corrected chi connectivity index (χ0v) is 19.8.